The number of hydrogen-bond acceptors (Lipinski definition) is 6. The number of ether oxygens (including phenoxy) is 1. The number of hydrogen-bond donors (Lipinski definition) is 3. The van der Waals surface area contributed by atoms with Crippen LogP contribution in [0.25, 0.3) is 0 Å². The average molecular weight is 409 g/mol. The normalized spacial score (nSPS) is 19.6. The lowest BCUT2D eigenvalue weighted by Gasteiger charge is -2.18. The molecule has 3 N–H and O–H groups in total. The number of benzene rings is 1. The van der Waals surface area contributed by atoms with E-state index in [9.17, 15) is 4.79 Å². The van der Waals surface area contributed by atoms with Gasteiger partial charge in [-0.2, -0.15) is 0 Å². The predicted octanol–water partition coefficient (Wildman–Crippen LogP) is 3.51. The topological polar surface area (TPSA) is 75.3 Å². The summed E-state index contributed by atoms with van der Waals surface area (Å²) in [5, 5.41) is 5.15. The van der Waals surface area contributed by atoms with E-state index in [0.29, 0.717) is 6.61 Å². The summed E-state index contributed by atoms with van der Waals surface area (Å²) >= 11 is 1.70. The monoisotopic (exact) mass is 408 g/mol. The van der Waals surface area contributed by atoms with Gasteiger partial charge in [0.05, 0.1) is 17.8 Å². The van der Waals surface area contributed by atoms with Crippen LogP contribution in [0, 0.1) is 0 Å². The van der Waals surface area contributed by atoms with E-state index in [-0.39, 0.29) is 24.0 Å². The van der Waals surface area contributed by atoms with E-state index >= 15 is 0 Å². The minimum atomic E-state index is -0.256. The Morgan fingerprint density at radius 2 is 2.17 bits per heavy atom. The maximum Gasteiger partial charge on any atom is 0.239 e. The lowest BCUT2D eigenvalue weighted by atomic mass is 10.1. The molecule has 4 rings (SSSR count). The second-order valence-corrected chi connectivity index (χ2v) is 8.04. The number of aromatic nitrogens is 1. The van der Waals surface area contributed by atoms with Crippen LogP contribution < -0.4 is 20.9 Å². The van der Waals surface area contributed by atoms with Crippen LogP contribution >= 0.6 is 11.3 Å². The van der Waals surface area contributed by atoms with Gasteiger partial charge in [-0.25, -0.2) is 10.9 Å². The van der Waals surface area contributed by atoms with Gasteiger partial charge in [0.15, 0.2) is 0 Å². The van der Waals surface area contributed by atoms with Crippen molar-refractivity contribution in [2.75, 3.05) is 0 Å². The van der Waals surface area contributed by atoms with E-state index in [1.807, 2.05) is 55.5 Å². The van der Waals surface area contributed by atoms with Gasteiger partial charge >= 0.3 is 0 Å². The van der Waals surface area contributed by atoms with Gasteiger partial charge < -0.3 is 10.1 Å². The highest BCUT2D eigenvalue weighted by molar-refractivity contribution is 7.10. The smallest absolute Gasteiger partial charge is 0.239 e. The van der Waals surface area contributed by atoms with Gasteiger partial charge in [-0.1, -0.05) is 24.3 Å². The van der Waals surface area contributed by atoms with Crippen molar-refractivity contribution in [3.63, 3.8) is 0 Å². The van der Waals surface area contributed by atoms with E-state index in [1.165, 1.54) is 4.88 Å². The van der Waals surface area contributed by atoms with Gasteiger partial charge in [0, 0.05) is 11.1 Å². The van der Waals surface area contributed by atoms with Crippen molar-refractivity contribution < 1.29 is 9.53 Å². The van der Waals surface area contributed by atoms with Gasteiger partial charge in [-0.05, 0) is 54.6 Å². The number of carbonyl (C=O) groups excluding carboxylic acids is 1. The molecule has 1 fully saturated rings. The summed E-state index contributed by atoms with van der Waals surface area (Å²) in [5.41, 5.74) is 8.20. The summed E-state index contributed by atoms with van der Waals surface area (Å²) in [6.45, 7) is 2.39. The minimum absolute atomic E-state index is 0.0103. The number of rotatable bonds is 7. The summed E-state index contributed by atoms with van der Waals surface area (Å²) in [7, 11) is 0. The van der Waals surface area contributed by atoms with Gasteiger partial charge in [0.1, 0.15) is 18.4 Å². The van der Waals surface area contributed by atoms with Crippen molar-refractivity contribution in [1.29, 1.82) is 0 Å². The second kappa shape index (κ2) is 9.17. The predicted molar refractivity (Wildman–Crippen MR) is 113 cm³/mol. The molecule has 2 aromatic heterocycles. The Morgan fingerprint density at radius 3 is 2.97 bits per heavy atom. The van der Waals surface area contributed by atoms with E-state index < -0.39 is 0 Å². The van der Waals surface area contributed by atoms with Crippen LogP contribution in [0.15, 0.2) is 66.2 Å². The molecule has 3 atom stereocenters. The molecule has 0 saturated carbocycles. The van der Waals surface area contributed by atoms with Crippen molar-refractivity contribution in [2.24, 2.45) is 0 Å². The maximum atomic E-state index is 12.7. The molecule has 1 amide bonds. The van der Waals surface area contributed by atoms with Crippen molar-refractivity contribution in [3.8, 4) is 5.75 Å². The van der Waals surface area contributed by atoms with E-state index in [4.69, 9.17) is 4.74 Å². The van der Waals surface area contributed by atoms with Gasteiger partial charge in [-0.3, -0.25) is 9.78 Å². The Kier molecular flexibility index (Phi) is 6.19. The number of nitrogens with one attached hydrogen (secondary N) is 3. The highest BCUT2D eigenvalue weighted by Crippen LogP contribution is 2.26. The Hall–Kier alpha value is -2.74. The first kappa shape index (κ1) is 19.6. The van der Waals surface area contributed by atoms with Crippen LogP contribution in [0.5, 0.6) is 5.75 Å². The minimum Gasteiger partial charge on any atom is -0.487 e. The zero-order valence-electron chi connectivity index (χ0n) is 16.2. The molecule has 7 heteroatoms. The summed E-state index contributed by atoms with van der Waals surface area (Å²) in [4.78, 5) is 18.2. The van der Waals surface area contributed by atoms with E-state index in [0.717, 1.165) is 23.4 Å². The molecule has 6 nitrogen and oxygen atoms in total. The fraction of sp³-hybridized carbons (Fsp3) is 0.273. The molecule has 3 aromatic rings. The van der Waals surface area contributed by atoms with E-state index in [1.54, 1.807) is 17.5 Å². The molecule has 150 valence electrons. The molecular weight excluding hydrogens is 384 g/mol. The zero-order chi connectivity index (χ0) is 20.1. The molecule has 0 bridgehead atoms. The molecular formula is C22H24N4O2S. The van der Waals surface area contributed by atoms with Crippen molar-refractivity contribution in [1.82, 2.24) is 21.2 Å². The summed E-state index contributed by atoms with van der Waals surface area (Å²) in [5.74, 6) is 0.747. The summed E-state index contributed by atoms with van der Waals surface area (Å²) in [6.07, 6.45) is 2.48. The van der Waals surface area contributed by atoms with E-state index in [2.05, 4.69) is 32.6 Å². The molecule has 1 aromatic carbocycles. The zero-order valence-corrected chi connectivity index (χ0v) is 17.0. The molecule has 1 aliphatic rings. The maximum absolute atomic E-state index is 12.7. The molecule has 1 saturated heterocycles. The van der Waals surface area contributed by atoms with Crippen LogP contribution in [0.1, 0.15) is 41.6 Å². The van der Waals surface area contributed by atoms with Crippen LogP contribution in [0.3, 0.4) is 0 Å². The first-order chi connectivity index (χ1) is 14.2. The Labute approximate surface area is 174 Å². The third-order valence-electron chi connectivity index (χ3n) is 4.94. The number of nitrogens with zero attached hydrogens (tertiary/aromatic N) is 1. The fourth-order valence-corrected chi connectivity index (χ4v) is 4.11. The molecule has 0 spiro atoms. The first-order valence-electron chi connectivity index (χ1n) is 9.66. The third kappa shape index (κ3) is 5.00. The molecule has 3 heterocycles. The Bertz CT molecular complexity index is 933. The van der Waals surface area contributed by atoms with Crippen LogP contribution in [-0.2, 0) is 11.4 Å². The number of amides is 1. The van der Waals surface area contributed by atoms with Gasteiger partial charge in [0.2, 0.25) is 5.91 Å². The number of thiophene rings is 1. The number of pyridine rings is 1. The first-order valence-corrected chi connectivity index (χ1v) is 10.5. The third-order valence-corrected chi connectivity index (χ3v) is 5.92. The molecule has 0 aliphatic carbocycles. The fourth-order valence-electron chi connectivity index (χ4n) is 3.32. The van der Waals surface area contributed by atoms with Crippen molar-refractivity contribution >= 4 is 17.2 Å². The highest BCUT2D eigenvalue weighted by atomic mass is 32.1. The lowest BCUT2D eigenvalue weighted by molar-refractivity contribution is -0.123. The second-order valence-electron chi connectivity index (χ2n) is 7.06. The van der Waals surface area contributed by atoms with Crippen LogP contribution in [-0.4, -0.2) is 16.9 Å². The Balaban J connectivity index is 1.32. The number of carbonyl (C=O) groups is 1. The van der Waals surface area contributed by atoms with Crippen molar-refractivity contribution in [3.05, 3.63) is 82.3 Å². The lowest BCUT2D eigenvalue weighted by Crippen LogP contribution is -2.43. The molecule has 3 unspecified atom stereocenters. The highest BCUT2D eigenvalue weighted by Gasteiger charge is 2.31. The quantitative estimate of drug-likeness (QED) is 0.558. The van der Waals surface area contributed by atoms with Crippen molar-refractivity contribution in [2.45, 2.75) is 38.1 Å². The summed E-state index contributed by atoms with van der Waals surface area (Å²) < 4.78 is 5.85. The van der Waals surface area contributed by atoms with Gasteiger partial charge in [0.25, 0.3) is 0 Å². The molecule has 1 aliphatic heterocycles. The summed E-state index contributed by atoms with van der Waals surface area (Å²) in [6, 6.07) is 17.5. The Morgan fingerprint density at radius 1 is 1.24 bits per heavy atom. The standard InChI is InChI=1S/C22H24N4O2S/c1-15(24-22(27)20-13-19(25-26-20)21-9-5-11-29-21)16-6-4-8-18(12-16)28-14-17-7-2-3-10-23-17/h2-12,15,19-20,25-26H,13-14H2,1H3,(H,24,27). The van der Waals surface area contributed by atoms with Crippen LogP contribution in [0.4, 0.5) is 0 Å². The van der Waals surface area contributed by atoms with Crippen LogP contribution in [0.2, 0.25) is 0 Å². The number of hydrazine groups is 1. The SMILES string of the molecule is CC(NC(=O)C1CC(c2cccs2)NN1)c1cccc(OCc2ccccn2)c1. The largest absolute Gasteiger partial charge is 0.487 e. The average Bonchev–Trinajstić information content (AvgIpc) is 3.45. The molecule has 29 heavy (non-hydrogen) atoms. The molecule has 0 radical (unpaired) electrons. The van der Waals surface area contributed by atoms with Gasteiger partial charge in [-0.15, -0.1) is 11.3 Å².